The lowest BCUT2D eigenvalue weighted by Gasteiger charge is -2.11. The van der Waals surface area contributed by atoms with Crippen molar-refractivity contribution >= 4 is 34.3 Å². The molecule has 0 saturated heterocycles. The zero-order chi connectivity index (χ0) is 20.4. The van der Waals surface area contributed by atoms with Gasteiger partial charge in [-0.25, -0.2) is 9.50 Å². The molecule has 0 aliphatic rings. The smallest absolute Gasteiger partial charge is 0.253 e. The second-order valence-electron chi connectivity index (χ2n) is 7.02. The lowest BCUT2D eigenvalue weighted by molar-refractivity contribution is -0.120. The fourth-order valence-corrected chi connectivity index (χ4v) is 3.90. The normalized spacial score (nSPS) is 11.4. The molecule has 8 heteroatoms. The highest BCUT2D eigenvalue weighted by atomic mass is 32.2. The van der Waals surface area contributed by atoms with Gasteiger partial charge >= 0.3 is 0 Å². The number of nitrogens with one attached hydrogen (secondary N) is 1. The van der Waals surface area contributed by atoms with Gasteiger partial charge in [0.05, 0.1) is 6.42 Å². The van der Waals surface area contributed by atoms with Crippen molar-refractivity contribution in [3.8, 4) is 0 Å². The number of rotatable bonds is 7. The third-order valence-electron chi connectivity index (χ3n) is 5.13. The largest absolute Gasteiger partial charge is 0.356 e. The van der Waals surface area contributed by atoms with Gasteiger partial charge in [-0.05, 0) is 44.0 Å². The third kappa shape index (κ3) is 3.98. The number of fused-ring (bicyclic) bond motifs is 2. The Balaban J connectivity index is 1.36. The third-order valence-corrected chi connectivity index (χ3v) is 5.67. The highest BCUT2D eigenvalue weighted by Gasteiger charge is 2.15. The van der Waals surface area contributed by atoms with E-state index in [0.29, 0.717) is 23.9 Å². The number of carbonyl (C=O) groups excluding carboxylic acids is 1. The van der Waals surface area contributed by atoms with E-state index in [9.17, 15) is 4.79 Å². The summed E-state index contributed by atoms with van der Waals surface area (Å²) in [5.74, 6) is 0.576. The summed E-state index contributed by atoms with van der Waals surface area (Å²) in [6, 6.07) is 10.4. The van der Waals surface area contributed by atoms with Crippen LogP contribution >= 0.6 is 11.8 Å². The van der Waals surface area contributed by atoms with Crippen LogP contribution in [-0.2, 0) is 17.8 Å². The summed E-state index contributed by atoms with van der Waals surface area (Å²) in [4.78, 5) is 21.4. The summed E-state index contributed by atoms with van der Waals surface area (Å²) in [5, 5.41) is 9.39. The Labute approximate surface area is 173 Å². The van der Waals surface area contributed by atoms with Gasteiger partial charge in [-0.3, -0.25) is 4.79 Å². The zero-order valence-electron chi connectivity index (χ0n) is 16.8. The predicted molar refractivity (Wildman–Crippen MR) is 115 cm³/mol. The van der Waals surface area contributed by atoms with E-state index in [1.54, 1.807) is 4.52 Å². The number of benzene rings is 1. The van der Waals surface area contributed by atoms with Crippen LogP contribution in [0.25, 0.3) is 16.7 Å². The Kier molecular flexibility index (Phi) is 5.53. The lowest BCUT2D eigenvalue weighted by atomic mass is 10.1. The molecule has 0 aliphatic carbocycles. The molecule has 150 valence electrons. The quantitative estimate of drug-likeness (QED) is 0.375. The monoisotopic (exact) mass is 408 g/mol. The molecule has 0 atom stereocenters. The molecule has 3 heterocycles. The Morgan fingerprint density at radius 3 is 2.83 bits per heavy atom. The van der Waals surface area contributed by atoms with Gasteiger partial charge in [-0.2, -0.15) is 4.98 Å². The van der Waals surface area contributed by atoms with Gasteiger partial charge in [0.25, 0.3) is 5.78 Å². The van der Waals surface area contributed by atoms with E-state index in [4.69, 9.17) is 0 Å². The molecule has 0 bridgehead atoms. The topological polar surface area (TPSA) is 77.1 Å². The van der Waals surface area contributed by atoms with Crippen molar-refractivity contribution in [2.45, 2.75) is 38.4 Å². The molecular formula is C21H24N6OS. The second kappa shape index (κ2) is 8.24. The maximum absolute atomic E-state index is 12.5. The molecule has 29 heavy (non-hydrogen) atoms. The fraction of sp³-hybridized carbons (Fsp3) is 0.333. The van der Waals surface area contributed by atoms with Gasteiger partial charge in [0, 0.05) is 41.8 Å². The van der Waals surface area contributed by atoms with E-state index < -0.39 is 0 Å². The van der Waals surface area contributed by atoms with E-state index in [1.165, 1.54) is 22.7 Å². The van der Waals surface area contributed by atoms with Crippen LogP contribution in [-0.4, -0.2) is 42.9 Å². The first-order valence-electron chi connectivity index (χ1n) is 9.64. The molecule has 7 nitrogen and oxygen atoms in total. The van der Waals surface area contributed by atoms with Crippen LogP contribution in [0.1, 0.15) is 23.4 Å². The van der Waals surface area contributed by atoms with Crippen LogP contribution in [0.15, 0.2) is 41.7 Å². The highest BCUT2D eigenvalue weighted by molar-refractivity contribution is 7.98. The van der Waals surface area contributed by atoms with Gasteiger partial charge in [0.1, 0.15) is 0 Å². The standard InChI is InChI=1S/C21H24N6OS/c1-14-17(15(2)27-20(23-14)24-21(25-27)29-3)13-19(28)22-10-6-11-26-12-9-16-7-4-5-8-18(16)26/h4-5,7-9,12H,6,10-11,13H2,1-3H3,(H,22,28). The summed E-state index contributed by atoms with van der Waals surface area (Å²) < 4.78 is 3.94. The highest BCUT2D eigenvalue weighted by Crippen LogP contribution is 2.17. The Morgan fingerprint density at radius 1 is 1.17 bits per heavy atom. The number of thioether (sulfide) groups is 1. The van der Waals surface area contributed by atoms with E-state index in [-0.39, 0.29) is 5.91 Å². The molecular weight excluding hydrogens is 384 g/mol. The molecule has 1 aromatic carbocycles. The molecule has 3 aromatic heterocycles. The van der Waals surface area contributed by atoms with Gasteiger partial charge in [0.15, 0.2) is 0 Å². The average Bonchev–Trinajstić information content (AvgIpc) is 3.32. The summed E-state index contributed by atoms with van der Waals surface area (Å²) in [7, 11) is 0. The van der Waals surface area contributed by atoms with E-state index >= 15 is 0 Å². The van der Waals surface area contributed by atoms with Crippen molar-refractivity contribution in [3.63, 3.8) is 0 Å². The first kappa shape index (κ1) is 19.4. The number of aromatic nitrogens is 5. The molecule has 0 fully saturated rings. The predicted octanol–water partition coefficient (Wildman–Crippen LogP) is 3.17. The first-order valence-corrected chi connectivity index (χ1v) is 10.9. The number of amides is 1. The number of aryl methyl sites for hydroxylation is 3. The lowest BCUT2D eigenvalue weighted by Crippen LogP contribution is -2.27. The number of nitrogens with zero attached hydrogens (tertiary/aromatic N) is 5. The van der Waals surface area contributed by atoms with Gasteiger partial charge < -0.3 is 9.88 Å². The van der Waals surface area contributed by atoms with Crippen molar-refractivity contribution in [2.75, 3.05) is 12.8 Å². The van der Waals surface area contributed by atoms with Gasteiger partial charge in [0.2, 0.25) is 11.1 Å². The fourth-order valence-electron chi connectivity index (χ4n) is 3.57. The van der Waals surface area contributed by atoms with Crippen LogP contribution < -0.4 is 5.32 Å². The maximum Gasteiger partial charge on any atom is 0.253 e. The molecule has 4 rings (SSSR count). The van der Waals surface area contributed by atoms with Crippen LogP contribution in [0.3, 0.4) is 0 Å². The SMILES string of the molecule is CSc1nc2nc(C)c(CC(=O)NCCCn3ccc4ccccc43)c(C)n2n1. The molecule has 1 amide bonds. The summed E-state index contributed by atoms with van der Waals surface area (Å²) in [6.45, 7) is 5.38. The minimum absolute atomic E-state index is 0.0000746. The molecule has 0 spiro atoms. The van der Waals surface area contributed by atoms with Crippen molar-refractivity contribution in [2.24, 2.45) is 0 Å². The molecule has 0 unspecified atom stereocenters. The first-order chi connectivity index (χ1) is 14.1. The maximum atomic E-state index is 12.5. The minimum atomic E-state index is -0.0000746. The summed E-state index contributed by atoms with van der Waals surface area (Å²) >= 11 is 1.48. The zero-order valence-corrected chi connectivity index (χ0v) is 17.7. The van der Waals surface area contributed by atoms with E-state index in [2.05, 4.69) is 49.3 Å². The van der Waals surface area contributed by atoms with Crippen molar-refractivity contribution in [3.05, 3.63) is 53.5 Å². The number of hydrogen-bond donors (Lipinski definition) is 1. The molecule has 1 N–H and O–H groups in total. The molecule has 0 radical (unpaired) electrons. The number of carbonyl (C=O) groups is 1. The van der Waals surface area contributed by atoms with E-state index in [0.717, 1.165) is 29.9 Å². The number of hydrogen-bond acceptors (Lipinski definition) is 5. The Hall–Kier alpha value is -2.87. The van der Waals surface area contributed by atoms with Crippen LogP contribution in [0, 0.1) is 13.8 Å². The Bertz CT molecular complexity index is 1180. The second-order valence-corrected chi connectivity index (χ2v) is 7.79. The Morgan fingerprint density at radius 2 is 2.00 bits per heavy atom. The van der Waals surface area contributed by atoms with Crippen LogP contribution in [0.5, 0.6) is 0 Å². The van der Waals surface area contributed by atoms with Gasteiger partial charge in [-0.15, -0.1) is 5.10 Å². The van der Waals surface area contributed by atoms with E-state index in [1.807, 2.05) is 32.2 Å². The van der Waals surface area contributed by atoms with Crippen molar-refractivity contribution in [1.82, 2.24) is 29.5 Å². The average molecular weight is 409 g/mol. The molecule has 4 aromatic rings. The van der Waals surface area contributed by atoms with Crippen LogP contribution in [0.2, 0.25) is 0 Å². The molecule has 0 saturated carbocycles. The van der Waals surface area contributed by atoms with Crippen LogP contribution in [0.4, 0.5) is 0 Å². The number of para-hydroxylation sites is 1. The summed E-state index contributed by atoms with van der Waals surface area (Å²) in [5.41, 5.74) is 3.86. The molecule has 0 aliphatic heterocycles. The van der Waals surface area contributed by atoms with Gasteiger partial charge in [-0.1, -0.05) is 30.0 Å². The summed E-state index contributed by atoms with van der Waals surface area (Å²) in [6.07, 6.45) is 5.20. The minimum Gasteiger partial charge on any atom is -0.356 e. The van der Waals surface area contributed by atoms with Crippen molar-refractivity contribution in [1.29, 1.82) is 0 Å². The van der Waals surface area contributed by atoms with Crippen molar-refractivity contribution < 1.29 is 4.79 Å².